The van der Waals surface area contributed by atoms with Crippen molar-refractivity contribution >= 4 is 17.3 Å². The first-order chi connectivity index (χ1) is 25.0. The lowest BCUT2D eigenvalue weighted by molar-refractivity contribution is -0.123. The van der Waals surface area contributed by atoms with Gasteiger partial charge in [-0.3, -0.25) is 4.79 Å². The predicted molar refractivity (Wildman–Crippen MR) is 225 cm³/mol. The van der Waals surface area contributed by atoms with Crippen LogP contribution in [0.1, 0.15) is 284 Å². The Bertz CT molecular complexity index is 701. The van der Waals surface area contributed by atoms with Crippen LogP contribution in [0.3, 0.4) is 0 Å². The van der Waals surface area contributed by atoms with E-state index in [1.54, 1.807) is 13.8 Å². The molecule has 0 aliphatic carbocycles. The molecule has 0 unspecified atom stereocenters. The number of ketones is 3. The fourth-order valence-corrected chi connectivity index (χ4v) is 7.88. The molecule has 0 aromatic carbocycles. The molecule has 0 aliphatic rings. The highest BCUT2D eigenvalue weighted by atomic mass is 16.1. The molecule has 0 bridgehead atoms. The molecule has 0 saturated heterocycles. The van der Waals surface area contributed by atoms with Gasteiger partial charge < -0.3 is 9.59 Å². The van der Waals surface area contributed by atoms with E-state index < -0.39 is 0 Å². The molecular formula is C48H92O3. The van der Waals surface area contributed by atoms with Crippen molar-refractivity contribution in [2.75, 3.05) is 0 Å². The van der Waals surface area contributed by atoms with Crippen LogP contribution in [0.2, 0.25) is 0 Å². The van der Waals surface area contributed by atoms with E-state index in [1.165, 1.54) is 212 Å². The van der Waals surface area contributed by atoms with Gasteiger partial charge >= 0.3 is 0 Å². The van der Waals surface area contributed by atoms with E-state index in [0.29, 0.717) is 23.3 Å². The molecule has 51 heavy (non-hydrogen) atoms. The summed E-state index contributed by atoms with van der Waals surface area (Å²) in [6.07, 6.45) is 52.1. The average Bonchev–Trinajstić information content (AvgIpc) is 3.11. The lowest BCUT2D eigenvalue weighted by Gasteiger charge is -2.16. The molecule has 0 fully saturated rings. The Hall–Kier alpha value is -0.990. The van der Waals surface area contributed by atoms with Crippen molar-refractivity contribution in [3.05, 3.63) is 0 Å². The minimum atomic E-state index is 0.323. The SMILES string of the molecule is CCCCCCCCCCCCCCC(=O)C(CCCCCCCCCCCCCCC(C)=O)CCCCCCCCCCCCCCC(C)=O. The van der Waals surface area contributed by atoms with Gasteiger partial charge in [0.25, 0.3) is 0 Å². The molecule has 0 heterocycles. The van der Waals surface area contributed by atoms with Crippen LogP contribution in [0.15, 0.2) is 0 Å². The number of carbonyl (C=O) groups is 3. The quantitative estimate of drug-likeness (QED) is 0.0590. The maximum Gasteiger partial charge on any atom is 0.135 e. The lowest BCUT2D eigenvalue weighted by atomic mass is 9.88. The molecule has 0 radical (unpaired) electrons. The highest BCUT2D eigenvalue weighted by Crippen LogP contribution is 2.23. The monoisotopic (exact) mass is 717 g/mol. The Kier molecular flexibility index (Phi) is 41.0. The highest BCUT2D eigenvalue weighted by Gasteiger charge is 2.17. The second-order valence-corrected chi connectivity index (χ2v) is 16.8. The molecule has 0 amide bonds. The molecule has 0 aromatic rings. The van der Waals surface area contributed by atoms with Crippen molar-refractivity contribution in [2.24, 2.45) is 5.92 Å². The zero-order valence-corrected chi connectivity index (χ0v) is 35.3. The van der Waals surface area contributed by atoms with Crippen molar-refractivity contribution < 1.29 is 14.4 Å². The van der Waals surface area contributed by atoms with E-state index in [1.807, 2.05) is 0 Å². The molecule has 0 aliphatic heterocycles. The number of Topliss-reactive ketones (excluding diaryl/α,β-unsaturated/α-hetero) is 3. The molecule has 0 saturated carbocycles. The van der Waals surface area contributed by atoms with Crippen molar-refractivity contribution in [1.82, 2.24) is 0 Å². The molecule has 302 valence electrons. The van der Waals surface area contributed by atoms with Crippen molar-refractivity contribution in [3.8, 4) is 0 Å². The van der Waals surface area contributed by atoms with Gasteiger partial charge in [0.05, 0.1) is 0 Å². The fraction of sp³-hybridized carbons (Fsp3) is 0.938. The van der Waals surface area contributed by atoms with E-state index in [4.69, 9.17) is 0 Å². The minimum Gasteiger partial charge on any atom is -0.300 e. The molecule has 0 aromatic heterocycles. The number of hydrogen-bond acceptors (Lipinski definition) is 3. The van der Waals surface area contributed by atoms with Gasteiger partial charge in [0, 0.05) is 25.2 Å². The normalized spacial score (nSPS) is 11.5. The van der Waals surface area contributed by atoms with Crippen LogP contribution in [-0.2, 0) is 14.4 Å². The second kappa shape index (κ2) is 41.8. The predicted octanol–water partition coefficient (Wildman–Crippen LogP) is 16.4. The average molecular weight is 717 g/mol. The molecule has 3 nitrogen and oxygen atoms in total. The largest absolute Gasteiger partial charge is 0.300 e. The highest BCUT2D eigenvalue weighted by molar-refractivity contribution is 5.80. The third-order valence-electron chi connectivity index (χ3n) is 11.4. The summed E-state index contributed by atoms with van der Waals surface area (Å²) in [5, 5.41) is 0. The second-order valence-electron chi connectivity index (χ2n) is 16.8. The molecule has 3 heteroatoms. The smallest absolute Gasteiger partial charge is 0.135 e. The van der Waals surface area contributed by atoms with Crippen LogP contribution in [-0.4, -0.2) is 17.3 Å². The van der Waals surface area contributed by atoms with Crippen molar-refractivity contribution in [3.63, 3.8) is 0 Å². The summed E-state index contributed by atoms with van der Waals surface area (Å²) in [4.78, 5) is 35.4. The third-order valence-corrected chi connectivity index (χ3v) is 11.4. The Morgan fingerprint density at radius 1 is 0.294 bits per heavy atom. The maximum atomic E-state index is 13.4. The van der Waals surface area contributed by atoms with Crippen LogP contribution < -0.4 is 0 Å². The Morgan fingerprint density at radius 2 is 0.510 bits per heavy atom. The molecule has 0 atom stereocenters. The van der Waals surface area contributed by atoms with Crippen LogP contribution in [0.25, 0.3) is 0 Å². The Balaban J connectivity index is 4.09. The first-order valence-corrected chi connectivity index (χ1v) is 23.5. The van der Waals surface area contributed by atoms with Gasteiger partial charge in [-0.25, -0.2) is 0 Å². The number of unbranched alkanes of at least 4 members (excludes halogenated alkanes) is 33. The summed E-state index contributed by atoms with van der Waals surface area (Å²) in [5.74, 6) is 1.58. The van der Waals surface area contributed by atoms with Crippen LogP contribution in [0.5, 0.6) is 0 Å². The Labute approximate surface area is 320 Å². The van der Waals surface area contributed by atoms with Gasteiger partial charge in [-0.05, 0) is 46.0 Å². The fourth-order valence-electron chi connectivity index (χ4n) is 7.88. The first-order valence-electron chi connectivity index (χ1n) is 23.5. The van der Waals surface area contributed by atoms with E-state index in [-0.39, 0.29) is 0 Å². The summed E-state index contributed by atoms with van der Waals surface area (Å²) in [6.45, 7) is 5.70. The Morgan fingerprint density at radius 3 is 0.765 bits per heavy atom. The van der Waals surface area contributed by atoms with Crippen molar-refractivity contribution in [1.29, 1.82) is 0 Å². The minimum absolute atomic E-state index is 0.323. The standard InChI is InChI=1S/C48H92O3/c1-4-5-6-7-8-9-10-19-24-29-34-39-44-48(51)47(42-37-32-27-22-17-13-11-15-20-25-30-35-40-45(2)49)43-38-33-28-23-18-14-12-16-21-26-31-36-41-46(3)50/h47H,4-44H2,1-3H3. The lowest BCUT2D eigenvalue weighted by Crippen LogP contribution is -2.14. The summed E-state index contributed by atoms with van der Waals surface area (Å²) < 4.78 is 0. The van der Waals surface area contributed by atoms with Gasteiger partial charge in [-0.1, -0.05) is 219 Å². The van der Waals surface area contributed by atoms with E-state index >= 15 is 0 Å². The molecular weight excluding hydrogens is 625 g/mol. The maximum absolute atomic E-state index is 13.4. The third kappa shape index (κ3) is 41.6. The summed E-state index contributed by atoms with van der Waals surface area (Å²) >= 11 is 0. The van der Waals surface area contributed by atoms with Gasteiger partial charge in [0.15, 0.2) is 0 Å². The molecule has 0 N–H and O–H groups in total. The van der Waals surface area contributed by atoms with Gasteiger partial charge in [0.2, 0.25) is 0 Å². The van der Waals surface area contributed by atoms with Gasteiger partial charge in [-0.2, -0.15) is 0 Å². The van der Waals surface area contributed by atoms with Gasteiger partial charge in [0.1, 0.15) is 17.3 Å². The molecule has 0 spiro atoms. The van der Waals surface area contributed by atoms with Crippen LogP contribution in [0, 0.1) is 5.92 Å². The summed E-state index contributed by atoms with van der Waals surface area (Å²) in [5.41, 5.74) is 0. The zero-order chi connectivity index (χ0) is 37.3. The van der Waals surface area contributed by atoms with Crippen LogP contribution >= 0.6 is 0 Å². The zero-order valence-electron chi connectivity index (χ0n) is 35.3. The van der Waals surface area contributed by atoms with E-state index in [2.05, 4.69) is 6.92 Å². The summed E-state index contributed by atoms with van der Waals surface area (Å²) in [7, 11) is 0. The van der Waals surface area contributed by atoms with E-state index in [0.717, 1.165) is 51.4 Å². The van der Waals surface area contributed by atoms with Gasteiger partial charge in [-0.15, -0.1) is 0 Å². The van der Waals surface area contributed by atoms with Crippen LogP contribution in [0.4, 0.5) is 0 Å². The number of hydrogen-bond donors (Lipinski definition) is 0. The van der Waals surface area contributed by atoms with E-state index in [9.17, 15) is 14.4 Å². The van der Waals surface area contributed by atoms with Crippen molar-refractivity contribution in [2.45, 2.75) is 284 Å². The summed E-state index contributed by atoms with van der Waals surface area (Å²) in [6, 6.07) is 0. The first kappa shape index (κ1) is 50.0. The molecule has 0 rings (SSSR count). The topological polar surface area (TPSA) is 51.2 Å². The number of rotatable bonds is 44. The number of carbonyl (C=O) groups excluding carboxylic acids is 3.